The molecule has 0 fully saturated rings. The lowest BCUT2D eigenvalue weighted by Gasteiger charge is -2.30. The Balaban J connectivity index is 1.94. The van der Waals surface area contributed by atoms with Crippen molar-refractivity contribution >= 4 is 30.6 Å². The van der Waals surface area contributed by atoms with Crippen LogP contribution in [0.4, 0.5) is 0 Å². The van der Waals surface area contributed by atoms with Crippen molar-refractivity contribution in [2.24, 2.45) is 0 Å². The molecule has 23 heavy (non-hydrogen) atoms. The summed E-state index contributed by atoms with van der Waals surface area (Å²) in [6.45, 7) is 9.55. The average Bonchev–Trinajstić information content (AvgIpc) is 3.13. The normalized spacial score (nSPS) is 15.1. The molecule has 0 N–H and O–H groups in total. The SMILES string of the molecule is Cc1cc2c(c([Si](C)(C)c3cc(C)cc4c3CC=C4)c1)CC=C2. The highest BCUT2D eigenvalue weighted by Gasteiger charge is 2.33. The van der Waals surface area contributed by atoms with Crippen molar-refractivity contribution in [2.45, 2.75) is 39.8 Å². The summed E-state index contributed by atoms with van der Waals surface area (Å²) in [6, 6.07) is 9.62. The van der Waals surface area contributed by atoms with Gasteiger partial charge in [-0.05, 0) is 48.9 Å². The molecule has 0 radical (unpaired) electrons. The fourth-order valence-corrected chi connectivity index (χ4v) is 7.78. The lowest BCUT2D eigenvalue weighted by Crippen LogP contribution is -2.55. The Bertz CT molecular complexity index is 795. The predicted octanol–water partition coefficient (Wildman–Crippen LogP) is 4.26. The van der Waals surface area contributed by atoms with Crippen LogP contribution >= 0.6 is 0 Å². The smallest absolute Gasteiger partial charge is 0.0795 e. The van der Waals surface area contributed by atoms with Crippen molar-refractivity contribution in [2.75, 3.05) is 0 Å². The Labute approximate surface area is 140 Å². The molecule has 2 aliphatic carbocycles. The van der Waals surface area contributed by atoms with Gasteiger partial charge in [0, 0.05) is 0 Å². The highest BCUT2D eigenvalue weighted by molar-refractivity contribution is 7.01. The van der Waals surface area contributed by atoms with Gasteiger partial charge in [-0.1, -0.05) is 83.2 Å². The minimum Gasteiger partial charge on any atom is -0.0795 e. The van der Waals surface area contributed by atoms with Gasteiger partial charge in [0.1, 0.15) is 8.07 Å². The van der Waals surface area contributed by atoms with Crippen LogP contribution in [0.5, 0.6) is 0 Å². The quantitative estimate of drug-likeness (QED) is 0.726. The molecule has 2 aromatic rings. The van der Waals surface area contributed by atoms with E-state index in [0.29, 0.717) is 0 Å². The van der Waals surface area contributed by atoms with Gasteiger partial charge in [0.25, 0.3) is 0 Å². The van der Waals surface area contributed by atoms with E-state index >= 15 is 0 Å². The molecule has 0 unspecified atom stereocenters. The molecule has 2 aliphatic rings. The second kappa shape index (κ2) is 5.07. The first-order valence-electron chi connectivity index (χ1n) is 8.58. The topological polar surface area (TPSA) is 0 Å². The summed E-state index contributed by atoms with van der Waals surface area (Å²) in [5, 5.41) is 3.27. The largest absolute Gasteiger partial charge is 0.113 e. The Morgan fingerprint density at radius 1 is 0.696 bits per heavy atom. The lowest BCUT2D eigenvalue weighted by molar-refractivity contribution is 1.29. The van der Waals surface area contributed by atoms with E-state index in [1.807, 2.05) is 0 Å². The second-order valence-corrected chi connectivity index (χ2v) is 11.9. The minimum absolute atomic E-state index is 1.10. The van der Waals surface area contributed by atoms with Gasteiger partial charge in [0.15, 0.2) is 0 Å². The number of fused-ring (bicyclic) bond motifs is 2. The molecule has 0 nitrogen and oxygen atoms in total. The summed E-state index contributed by atoms with van der Waals surface area (Å²) in [6.07, 6.45) is 11.5. The number of hydrogen-bond acceptors (Lipinski definition) is 0. The number of benzene rings is 2. The van der Waals surface area contributed by atoms with E-state index < -0.39 is 8.07 Å². The van der Waals surface area contributed by atoms with Crippen LogP contribution < -0.4 is 10.4 Å². The molecule has 1 heteroatoms. The van der Waals surface area contributed by atoms with Crippen LogP contribution in [0.25, 0.3) is 12.2 Å². The molecule has 2 aromatic carbocycles. The van der Waals surface area contributed by atoms with Gasteiger partial charge >= 0.3 is 0 Å². The van der Waals surface area contributed by atoms with Crippen molar-refractivity contribution in [1.82, 2.24) is 0 Å². The molecule has 0 amide bonds. The van der Waals surface area contributed by atoms with E-state index in [4.69, 9.17) is 0 Å². The highest BCUT2D eigenvalue weighted by Crippen LogP contribution is 2.26. The van der Waals surface area contributed by atoms with Gasteiger partial charge in [-0.2, -0.15) is 0 Å². The Morgan fingerprint density at radius 2 is 1.13 bits per heavy atom. The molecular formula is C22H24Si. The van der Waals surface area contributed by atoms with Gasteiger partial charge in [-0.25, -0.2) is 0 Å². The van der Waals surface area contributed by atoms with Gasteiger partial charge in [0.2, 0.25) is 0 Å². The summed E-state index contributed by atoms with van der Waals surface area (Å²) >= 11 is 0. The summed E-state index contributed by atoms with van der Waals surface area (Å²) < 4.78 is 0. The maximum atomic E-state index is 2.54. The van der Waals surface area contributed by atoms with E-state index in [1.54, 1.807) is 21.5 Å². The lowest BCUT2D eigenvalue weighted by atomic mass is 10.1. The third-order valence-electron chi connectivity index (χ3n) is 5.44. The van der Waals surface area contributed by atoms with E-state index in [9.17, 15) is 0 Å². The zero-order valence-electron chi connectivity index (χ0n) is 14.5. The van der Waals surface area contributed by atoms with E-state index in [2.05, 4.69) is 75.5 Å². The molecule has 0 saturated heterocycles. The van der Waals surface area contributed by atoms with Crippen molar-refractivity contribution in [3.05, 3.63) is 69.8 Å². The van der Waals surface area contributed by atoms with Gasteiger partial charge < -0.3 is 0 Å². The molecule has 0 heterocycles. The number of aryl methyl sites for hydroxylation is 2. The molecule has 0 bridgehead atoms. The Kier molecular flexibility index (Phi) is 3.24. The highest BCUT2D eigenvalue weighted by atomic mass is 28.3. The van der Waals surface area contributed by atoms with E-state index in [-0.39, 0.29) is 0 Å². The monoisotopic (exact) mass is 316 g/mol. The van der Waals surface area contributed by atoms with Crippen molar-refractivity contribution in [3.63, 3.8) is 0 Å². The van der Waals surface area contributed by atoms with Crippen LogP contribution in [0.3, 0.4) is 0 Å². The second-order valence-electron chi connectivity index (χ2n) is 7.60. The first kappa shape index (κ1) is 14.7. The molecule has 0 saturated carbocycles. The maximum Gasteiger partial charge on any atom is 0.113 e. The summed E-state index contributed by atoms with van der Waals surface area (Å²) in [5.74, 6) is 0. The van der Waals surface area contributed by atoms with Gasteiger partial charge in [-0.15, -0.1) is 0 Å². The first-order valence-corrected chi connectivity index (χ1v) is 11.6. The molecule has 0 spiro atoms. The van der Waals surface area contributed by atoms with Crippen LogP contribution in [-0.4, -0.2) is 8.07 Å². The molecule has 0 aliphatic heterocycles. The summed E-state index contributed by atoms with van der Waals surface area (Å²) in [7, 11) is -1.71. The van der Waals surface area contributed by atoms with E-state index in [0.717, 1.165) is 12.8 Å². The number of hydrogen-bond donors (Lipinski definition) is 0. The Morgan fingerprint density at radius 3 is 1.57 bits per heavy atom. The van der Waals surface area contributed by atoms with Crippen LogP contribution in [0.15, 0.2) is 36.4 Å². The van der Waals surface area contributed by atoms with Crippen molar-refractivity contribution in [3.8, 4) is 0 Å². The van der Waals surface area contributed by atoms with Gasteiger partial charge in [-0.3, -0.25) is 0 Å². The number of rotatable bonds is 2. The zero-order valence-corrected chi connectivity index (χ0v) is 15.5. The molecular weight excluding hydrogens is 292 g/mol. The standard InChI is InChI=1S/C22H24Si/c1-15-11-17-7-5-9-19(17)21(13-15)23(3,4)22-14-16(2)12-18-8-6-10-20(18)22/h5-8,11-14H,9-10H2,1-4H3. The zero-order chi connectivity index (χ0) is 16.2. The Hall–Kier alpha value is -1.86. The molecule has 116 valence electrons. The first-order chi connectivity index (χ1) is 11.0. The molecule has 0 aromatic heterocycles. The predicted molar refractivity (Wildman–Crippen MR) is 105 cm³/mol. The summed E-state index contributed by atoms with van der Waals surface area (Å²) in [5.41, 5.74) is 8.84. The van der Waals surface area contributed by atoms with Gasteiger partial charge in [0.05, 0.1) is 0 Å². The van der Waals surface area contributed by atoms with Crippen molar-refractivity contribution in [1.29, 1.82) is 0 Å². The third kappa shape index (κ3) is 2.26. The molecule has 4 rings (SSSR count). The fraction of sp³-hybridized carbons (Fsp3) is 0.273. The van der Waals surface area contributed by atoms with Crippen LogP contribution in [0, 0.1) is 13.8 Å². The third-order valence-corrected chi connectivity index (χ3v) is 9.03. The van der Waals surface area contributed by atoms with Crippen LogP contribution in [0.2, 0.25) is 13.1 Å². The number of allylic oxidation sites excluding steroid dienone is 2. The summed E-state index contributed by atoms with van der Waals surface area (Å²) in [4.78, 5) is 0. The van der Waals surface area contributed by atoms with E-state index in [1.165, 1.54) is 22.3 Å². The van der Waals surface area contributed by atoms with Crippen molar-refractivity contribution < 1.29 is 0 Å². The van der Waals surface area contributed by atoms with Crippen LogP contribution in [0.1, 0.15) is 33.4 Å². The molecule has 0 atom stereocenters. The fourth-order valence-electron chi connectivity index (χ4n) is 4.31. The maximum absolute atomic E-state index is 2.54. The minimum atomic E-state index is -1.71. The van der Waals surface area contributed by atoms with Crippen LogP contribution in [-0.2, 0) is 12.8 Å². The average molecular weight is 317 g/mol.